The fourth-order valence-corrected chi connectivity index (χ4v) is 0.939. The van der Waals surface area contributed by atoms with Crippen molar-refractivity contribution in [2.45, 2.75) is 13.5 Å². The van der Waals surface area contributed by atoms with Crippen LogP contribution in [0.4, 0.5) is 8.78 Å². The molecule has 0 bridgehead atoms. The van der Waals surface area contributed by atoms with E-state index in [1.165, 1.54) is 19.1 Å². The maximum absolute atomic E-state index is 13.1. The first-order valence-electron chi connectivity index (χ1n) is 3.47. The van der Waals surface area contributed by atoms with Crippen LogP contribution in [0.25, 0.3) is 0 Å². The Morgan fingerprint density at radius 1 is 1.42 bits per heavy atom. The van der Waals surface area contributed by atoms with E-state index in [-0.39, 0.29) is 17.7 Å². The lowest BCUT2D eigenvalue weighted by Gasteiger charge is -2.04. The lowest BCUT2D eigenvalue weighted by atomic mass is 10.1. The van der Waals surface area contributed by atoms with Crippen molar-refractivity contribution in [3.8, 4) is 0 Å². The summed E-state index contributed by atoms with van der Waals surface area (Å²) in [5.74, 6) is -1.19. The topological polar surface area (TPSA) is 32.3 Å². The number of hydroxylamine groups is 1. The van der Waals surface area contributed by atoms with E-state index in [0.29, 0.717) is 0 Å². The van der Waals surface area contributed by atoms with E-state index in [4.69, 9.17) is 5.21 Å². The van der Waals surface area contributed by atoms with E-state index in [9.17, 15) is 8.78 Å². The van der Waals surface area contributed by atoms with Gasteiger partial charge in [0.05, 0.1) is 0 Å². The highest BCUT2D eigenvalue weighted by Gasteiger charge is 2.08. The minimum Gasteiger partial charge on any atom is -0.316 e. The van der Waals surface area contributed by atoms with Crippen molar-refractivity contribution in [3.05, 3.63) is 34.9 Å². The van der Waals surface area contributed by atoms with Crippen molar-refractivity contribution < 1.29 is 14.0 Å². The summed E-state index contributed by atoms with van der Waals surface area (Å²) < 4.78 is 25.7. The zero-order valence-corrected chi connectivity index (χ0v) is 6.56. The summed E-state index contributed by atoms with van der Waals surface area (Å²) in [6, 6.07) is 2.46. The Morgan fingerprint density at radius 3 is 2.67 bits per heavy atom. The largest absolute Gasteiger partial charge is 0.316 e. The molecule has 2 nitrogen and oxygen atoms in total. The number of hydrogen-bond acceptors (Lipinski definition) is 2. The highest BCUT2D eigenvalue weighted by Crippen LogP contribution is 2.15. The highest BCUT2D eigenvalue weighted by molar-refractivity contribution is 5.26. The molecule has 1 rings (SSSR count). The van der Waals surface area contributed by atoms with Crippen molar-refractivity contribution in [1.82, 2.24) is 5.48 Å². The third-order valence-corrected chi connectivity index (χ3v) is 1.67. The van der Waals surface area contributed by atoms with Gasteiger partial charge in [-0.3, -0.25) is 0 Å². The molecule has 66 valence electrons. The van der Waals surface area contributed by atoms with Gasteiger partial charge in [0.25, 0.3) is 0 Å². The zero-order chi connectivity index (χ0) is 9.14. The minimum atomic E-state index is -0.614. The average molecular weight is 173 g/mol. The summed E-state index contributed by atoms with van der Waals surface area (Å²) in [4.78, 5) is 0. The van der Waals surface area contributed by atoms with Gasteiger partial charge in [-0.25, -0.2) is 14.3 Å². The standard InChI is InChI=1S/C8H9F2NO/c1-5-7(9)3-2-6(4-11-12)8(5)10/h2-3,11-12H,4H2,1H3. The second-order valence-corrected chi connectivity index (χ2v) is 2.48. The van der Waals surface area contributed by atoms with Crippen molar-refractivity contribution in [3.63, 3.8) is 0 Å². The molecular weight excluding hydrogens is 164 g/mol. The Bertz CT molecular complexity index is 289. The van der Waals surface area contributed by atoms with Crippen LogP contribution < -0.4 is 5.48 Å². The van der Waals surface area contributed by atoms with Crippen molar-refractivity contribution >= 4 is 0 Å². The van der Waals surface area contributed by atoms with Crippen LogP contribution in [0, 0.1) is 18.6 Å². The molecule has 0 radical (unpaired) electrons. The summed E-state index contributed by atoms with van der Waals surface area (Å²) in [5.41, 5.74) is 2.03. The Hall–Kier alpha value is -1.00. The predicted octanol–water partition coefficient (Wildman–Crippen LogP) is 1.75. The molecule has 0 atom stereocenters. The summed E-state index contributed by atoms with van der Waals surface area (Å²) in [5, 5.41) is 8.29. The second-order valence-electron chi connectivity index (χ2n) is 2.48. The van der Waals surface area contributed by atoms with Gasteiger partial charge in [-0.05, 0) is 13.0 Å². The highest BCUT2D eigenvalue weighted by atomic mass is 19.1. The average Bonchev–Trinajstić information content (AvgIpc) is 2.07. The Labute approximate surface area is 68.8 Å². The van der Waals surface area contributed by atoms with Crippen LogP contribution in [0.3, 0.4) is 0 Å². The molecule has 0 heterocycles. The van der Waals surface area contributed by atoms with Crippen LogP contribution in [0.15, 0.2) is 12.1 Å². The molecule has 0 aliphatic carbocycles. The Kier molecular flexibility index (Phi) is 2.73. The van der Waals surface area contributed by atoms with Crippen LogP contribution in [0.1, 0.15) is 11.1 Å². The summed E-state index contributed by atoms with van der Waals surface area (Å²) in [6.45, 7) is 1.33. The number of halogens is 2. The smallest absolute Gasteiger partial charge is 0.133 e. The number of rotatable bonds is 2. The maximum Gasteiger partial charge on any atom is 0.133 e. The second kappa shape index (κ2) is 3.60. The third-order valence-electron chi connectivity index (χ3n) is 1.67. The van der Waals surface area contributed by atoms with Crippen molar-refractivity contribution in [2.24, 2.45) is 0 Å². The summed E-state index contributed by atoms with van der Waals surface area (Å²) in [7, 11) is 0. The molecule has 12 heavy (non-hydrogen) atoms. The van der Waals surface area contributed by atoms with Gasteiger partial charge in [0.15, 0.2) is 0 Å². The van der Waals surface area contributed by atoms with Gasteiger partial charge in [-0.1, -0.05) is 6.07 Å². The first-order chi connectivity index (χ1) is 5.66. The number of benzene rings is 1. The van der Waals surface area contributed by atoms with Gasteiger partial charge < -0.3 is 5.21 Å². The minimum absolute atomic E-state index is 0.0209. The summed E-state index contributed by atoms with van der Waals surface area (Å²) in [6.07, 6.45) is 0. The molecule has 4 heteroatoms. The van der Waals surface area contributed by atoms with E-state index in [1.54, 1.807) is 0 Å². The van der Waals surface area contributed by atoms with E-state index in [1.807, 2.05) is 5.48 Å². The molecule has 0 aliphatic rings. The van der Waals surface area contributed by atoms with Gasteiger partial charge in [0, 0.05) is 17.7 Å². The number of hydrogen-bond donors (Lipinski definition) is 2. The fourth-order valence-electron chi connectivity index (χ4n) is 0.939. The first kappa shape index (κ1) is 9.09. The van der Waals surface area contributed by atoms with Gasteiger partial charge >= 0.3 is 0 Å². The normalized spacial score (nSPS) is 10.3. The zero-order valence-electron chi connectivity index (χ0n) is 6.56. The molecule has 0 spiro atoms. The van der Waals surface area contributed by atoms with Gasteiger partial charge in [0.2, 0.25) is 0 Å². The van der Waals surface area contributed by atoms with E-state index < -0.39 is 11.6 Å². The van der Waals surface area contributed by atoms with Gasteiger partial charge in [-0.2, -0.15) is 0 Å². The quantitative estimate of drug-likeness (QED) is 0.668. The molecule has 2 N–H and O–H groups in total. The van der Waals surface area contributed by atoms with Crippen LogP contribution in [-0.4, -0.2) is 5.21 Å². The first-order valence-corrected chi connectivity index (χ1v) is 3.47. The van der Waals surface area contributed by atoms with Crippen LogP contribution in [0.2, 0.25) is 0 Å². The van der Waals surface area contributed by atoms with Crippen molar-refractivity contribution in [2.75, 3.05) is 0 Å². The fraction of sp³-hybridized carbons (Fsp3) is 0.250. The van der Waals surface area contributed by atoms with Crippen LogP contribution in [-0.2, 0) is 6.54 Å². The maximum atomic E-state index is 13.1. The Morgan fingerprint density at radius 2 is 2.08 bits per heavy atom. The molecule has 0 unspecified atom stereocenters. The SMILES string of the molecule is Cc1c(F)ccc(CNO)c1F. The monoisotopic (exact) mass is 173 g/mol. The molecule has 0 saturated carbocycles. The lowest BCUT2D eigenvalue weighted by molar-refractivity contribution is 0.160. The Balaban J connectivity index is 3.08. The molecule has 0 fully saturated rings. The molecule has 0 amide bonds. The van der Waals surface area contributed by atoms with Crippen molar-refractivity contribution in [1.29, 1.82) is 0 Å². The van der Waals surface area contributed by atoms with Crippen LogP contribution in [0.5, 0.6) is 0 Å². The predicted molar refractivity (Wildman–Crippen MR) is 39.7 cm³/mol. The van der Waals surface area contributed by atoms with E-state index in [2.05, 4.69) is 0 Å². The molecule has 0 aliphatic heterocycles. The molecule has 0 aromatic heterocycles. The van der Waals surface area contributed by atoms with Crippen LogP contribution >= 0.6 is 0 Å². The molecule has 1 aromatic rings. The van der Waals surface area contributed by atoms with E-state index >= 15 is 0 Å². The summed E-state index contributed by atoms with van der Waals surface area (Å²) >= 11 is 0. The third kappa shape index (κ3) is 1.60. The molecule has 1 aromatic carbocycles. The van der Waals surface area contributed by atoms with E-state index in [0.717, 1.165) is 0 Å². The van der Waals surface area contributed by atoms with Gasteiger partial charge in [0.1, 0.15) is 11.6 Å². The number of nitrogens with one attached hydrogen (secondary N) is 1. The molecular formula is C8H9F2NO. The molecule has 0 saturated heterocycles. The lowest BCUT2D eigenvalue weighted by Crippen LogP contribution is -2.09. The van der Waals surface area contributed by atoms with Gasteiger partial charge in [-0.15, -0.1) is 0 Å².